The van der Waals surface area contributed by atoms with Gasteiger partial charge in [0.2, 0.25) is 0 Å². The van der Waals surface area contributed by atoms with E-state index in [1.807, 2.05) is 31.2 Å². The van der Waals surface area contributed by atoms with Crippen LogP contribution >= 0.6 is 7.82 Å². The number of benzene rings is 1. The Labute approximate surface area is 103 Å². The molecule has 0 spiro atoms. The minimum absolute atomic E-state index is 0.221. The summed E-state index contributed by atoms with van der Waals surface area (Å²) in [6.45, 7) is 1.95. The smallest absolute Gasteiger partial charge is 0.423 e. The van der Waals surface area contributed by atoms with Crippen LogP contribution in [-0.4, -0.2) is 14.7 Å². The fourth-order valence-electron chi connectivity index (χ4n) is 1.35. The first-order valence-corrected chi connectivity index (χ1v) is 6.68. The predicted molar refractivity (Wildman–Crippen MR) is 66.1 cm³/mol. The second-order valence-corrected chi connectivity index (χ2v) is 4.49. The van der Waals surface area contributed by atoms with Gasteiger partial charge in [-0.2, -0.15) is 0 Å². The van der Waals surface area contributed by atoms with Gasteiger partial charge >= 0.3 is 13.4 Å². The van der Waals surface area contributed by atoms with E-state index in [1.165, 1.54) is 0 Å². The molecule has 6 nitrogen and oxygen atoms in total. The fourth-order valence-corrected chi connectivity index (χ4v) is 1.35. The highest BCUT2D eigenvalue weighted by Crippen LogP contribution is 2.25. The van der Waals surface area contributed by atoms with Gasteiger partial charge in [-0.25, -0.2) is 9.36 Å². The van der Waals surface area contributed by atoms with Crippen molar-refractivity contribution in [2.75, 3.05) is 0 Å². The lowest BCUT2D eigenvalue weighted by Crippen LogP contribution is -2.05. The largest absolute Gasteiger partial charge is 0.466 e. The third-order valence-corrected chi connectivity index (χ3v) is 2.09. The lowest BCUT2D eigenvalue weighted by atomic mass is 10.1. The fraction of sp³-hybridized carbons (Fsp3) is 0.182. The van der Waals surface area contributed by atoms with Crippen molar-refractivity contribution in [1.29, 1.82) is 0 Å². The van der Waals surface area contributed by atoms with E-state index >= 15 is 0 Å². The topological polar surface area (TPSA) is 108 Å². The molecule has 0 unspecified atom stereocenters. The van der Waals surface area contributed by atoms with Crippen molar-refractivity contribution in [3.05, 3.63) is 46.3 Å². The molecule has 2 aromatic rings. The second-order valence-electron chi connectivity index (χ2n) is 3.46. The molecule has 0 amide bonds. The number of hydrogen-bond donors (Lipinski definition) is 3. The first-order valence-electron chi connectivity index (χ1n) is 5.11. The molecule has 0 aliphatic carbocycles. The van der Waals surface area contributed by atoms with Gasteiger partial charge in [-0.05, 0) is 18.6 Å². The van der Waals surface area contributed by atoms with Crippen molar-refractivity contribution in [2.24, 2.45) is 0 Å². The molecule has 2 rings (SSSR count). The minimum Gasteiger partial charge on any atom is -0.423 e. The number of hydrogen-bond acceptors (Lipinski definition) is 3. The van der Waals surface area contributed by atoms with Gasteiger partial charge in [0.1, 0.15) is 5.58 Å². The Kier molecular flexibility index (Phi) is 4.81. The van der Waals surface area contributed by atoms with E-state index in [0.29, 0.717) is 12.0 Å². The average molecular weight is 272 g/mol. The Bertz CT molecular complexity index is 618. The summed E-state index contributed by atoms with van der Waals surface area (Å²) in [5, 5.41) is 0.985. The molecule has 18 heavy (non-hydrogen) atoms. The maximum atomic E-state index is 11.3. The number of phosphoric acid groups is 1. The summed E-state index contributed by atoms with van der Waals surface area (Å²) in [6.07, 6.45) is 0.715. The summed E-state index contributed by atoms with van der Waals surface area (Å²) < 4.78 is 14.0. The molecule has 1 aromatic carbocycles. The van der Waals surface area contributed by atoms with Crippen LogP contribution in [0.5, 0.6) is 0 Å². The SMILES string of the molecule is CCc1cc2ccccc2oc1=O.O=P(O)(O)O. The lowest BCUT2D eigenvalue weighted by molar-refractivity contribution is 0.275. The van der Waals surface area contributed by atoms with Gasteiger partial charge in [-0.3, -0.25) is 0 Å². The second kappa shape index (κ2) is 5.93. The van der Waals surface area contributed by atoms with Crippen molar-refractivity contribution >= 4 is 18.8 Å². The molecule has 0 atom stereocenters. The van der Waals surface area contributed by atoms with Crippen molar-refractivity contribution < 1.29 is 23.7 Å². The molecule has 0 aliphatic rings. The first kappa shape index (κ1) is 14.6. The highest BCUT2D eigenvalue weighted by molar-refractivity contribution is 7.45. The van der Waals surface area contributed by atoms with Crippen LogP contribution in [0.2, 0.25) is 0 Å². The summed E-state index contributed by atoms with van der Waals surface area (Å²) in [5.74, 6) is 0. The molecular weight excluding hydrogens is 259 g/mol. The normalized spacial score (nSPS) is 10.9. The van der Waals surface area contributed by atoms with Crippen LogP contribution in [0.1, 0.15) is 12.5 Å². The standard InChI is InChI=1S/C11H10O2.H3O4P/c1-2-8-7-9-5-3-4-6-10(9)13-11(8)12;1-5(2,3)4/h3-7H,2H2,1H3;(H3,1,2,3,4). The molecule has 0 saturated carbocycles. The molecule has 7 heteroatoms. The van der Waals surface area contributed by atoms with Crippen LogP contribution in [0, 0.1) is 0 Å². The van der Waals surface area contributed by atoms with Gasteiger partial charge in [0.05, 0.1) is 0 Å². The van der Waals surface area contributed by atoms with Crippen molar-refractivity contribution in [2.45, 2.75) is 13.3 Å². The summed E-state index contributed by atoms with van der Waals surface area (Å²) in [4.78, 5) is 32.9. The molecule has 98 valence electrons. The predicted octanol–water partition coefficient (Wildman–Crippen LogP) is 1.43. The summed E-state index contributed by atoms with van der Waals surface area (Å²) in [7, 11) is -4.64. The van der Waals surface area contributed by atoms with Gasteiger partial charge in [0.25, 0.3) is 0 Å². The molecule has 1 aromatic heterocycles. The van der Waals surface area contributed by atoms with Gasteiger partial charge in [0, 0.05) is 10.9 Å². The van der Waals surface area contributed by atoms with Crippen LogP contribution < -0.4 is 5.63 Å². The van der Waals surface area contributed by atoms with Gasteiger partial charge in [-0.1, -0.05) is 25.1 Å². The van der Waals surface area contributed by atoms with E-state index in [4.69, 9.17) is 23.7 Å². The van der Waals surface area contributed by atoms with Crippen LogP contribution in [0.4, 0.5) is 0 Å². The number of rotatable bonds is 1. The molecule has 0 bridgehead atoms. The number of aryl methyl sites for hydroxylation is 1. The molecule has 3 N–H and O–H groups in total. The Morgan fingerprint density at radius 1 is 1.22 bits per heavy atom. The molecule has 0 radical (unpaired) electrons. The van der Waals surface area contributed by atoms with Crippen LogP contribution in [0.25, 0.3) is 11.0 Å². The minimum atomic E-state index is -4.64. The monoisotopic (exact) mass is 272 g/mol. The summed E-state index contributed by atoms with van der Waals surface area (Å²) in [6, 6.07) is 9.42. The Morgan fingerprint density at radius 2 is 1.78 bits per heavy atom. The maximum absolute atomic E-state index is 11.3. The van der Waals surface area contributed by atoms with Crippen LogP contribution in [-0.2, 0) is 11.0 Å². The van der Waals surface area contributed by atoms with Crippen LogP contribution in [0.3, 0.4) is 0 Å². The van der Waals surface area contributed by atoms with E-state index in [-0.39, 0.29) is 5.63 Å². The zero-order valence-electron chi connectivity index (χ0n) is 9.61. The van der Waals surface area contributed by atoms with Gasteiger partial charge < -0.3 is 19.1 Å². The summed E-state index contributed by atoms with van der Waals surface area (Å²) >= 11 is 0. The van der Waals surface area contributed by atoms with Crippen LogP contribution in [0.15, 0.2) is 39.5 Å². The number of para-hydroxylation sites is 1. The Morgan fingerprint density at radius 3 is 2.33 bits per heavy atom. The van der Waals surface area contributed by atoms with E-state index in [9.17, 15) is 4.79 Å². The number of fused-ring (bicyclic) bond motifs is 1. The van der Waals surface area contributed by atoms with Crippen molar-refractivity contribution in [3.63, 3.8) is 0 Å². The van der Waals surface area contributed by atoms with Crippen molar-refractivity contribution in [3.8, 4) is 0 Å². The first-order chi connectivity index (χ1) is 8.31. The van der Waals surface area contributed by atoms with E-state index < -0.39 is 7.82 Å². The average Bonchev–Trinajstić information content (AvgIpc) is 2.26. The maximum Gasteiger partial charge on any atom is 0.466 e. The highest BCUT2D eigenvalue weighted by Gasteiger charge is 2.01. The van der Waals surface area contributed by atoms with Crippen molar-refractivity contribution in [1.82, 2.24) is 0 Å². The Hall–Kier alpha value is -1.46. The lowest BCUT2D eigenvalue weighted by Gasteiger charge is -1.97. The van der Waals surface area contributed by atoms with Gasteiger partial charge in [0.15, 0.2) is 0 Å². The van der Waals surface area contributed by atoms with E-state index in [2.05, 4.69) is 0 Å². The zero-order valence-corrected chi connectivity index (χ0v) is 10.5. The quantitative estimate of drug-likeness (QED) is 0.535. The van der Waals surface area contributed by atoms with E-state index in [0.717, 1.165) is 10.9 Å². The molecule has 0 fully saturated rings. The third-order valence-electron chi connectivity index (χ3n) is 2.09. The molecule has 1 heterocycles. The zero-order chi connectivity index (χ0) is 13.8. The van der Waals surface area contributed by atoms with Gasteiger partial charge in [-0.15, -0.1) is 0 Å². The van der Waals surface area contributed by atoms with E-state index in [1.54, 1.807) is 6.07 Å². The highest BCUT2D eigenvalue weighted by atomic mass is 31.2. The molecule has 0 saturated heterocycles. The Balaban J connectivity index is 0.000000280. The third kappa shape index (κ3) is 4.81. The molecule has 0 aliphatic heterocycles. The molecular formula is C11H13O6P. The summed E-state index contributed by atoms with van der Waals surface area (Å²) in [5.41, 5.74) is 1.17.